The topological polar surface area (TPSA) is 0 Å². The van der Waals surface area contributed by atoms with Crippen molar-refractivity contribution in [3.63, 3.8) is 0 Å². The van der Waals surface area contributed by atoms with E-state index in [0.717, 1.165) is 11.8 Å². The van der Waals surface area contributed by atoms with E-state index >= 15 is 0 Å². The van der Waals surface area contributed by atoms with Gasteiger partial charge in [-0.15, -0.1) is 0 Å². The lowest BCUT2D eigenvalue weighted by Gasteiger charge is -2.23. The van der Waals surface area contributed by atoms with Gasteiger partial charge in [-0.2, -0.15) is 0 Å². The van der Waals surface area contributed by atoms with Gasteiger partial charge in [0.2, 0.25) is 0 Å². The molecule has 0 N–H and O–H groups in total. The zero-order valence-corrected chi connectivity index (χ0v) is 23.8. The molecule has 1 heteroatoms. The molecule has 0 saturated heterocycles. The maximum Gasteiger partial charge on any atom is 0.00597 e. The molecule has 0 aromatic carbocycles. The molecular weight excluding hydrogens is 440 g/mol. The molecule has 0 aromatic rings. The van der Waals surface area contributed by atoms with Crippen LogP contribution in [0.4, 0.5) is 0 Å². The van der Waals surface area contributed by atoms with Crippen LogP contribution in [0.3, 0.4) is 0 Å². The first-order valence-electron chi connectivity index (χ1n) is 14.8. The lowest BCUT2D eigenvalue weighted by atomic mass is 9.85. The molecule has 0 aliphatic carbocycles. The van der Waals surface area contributed by atoms with Gasteiger partial charge in [-0.3, -0.25) is 0 Å². The Morgan fingerprint density at radius 1 is 0.387 bits per heavy atom. The van der Waals surface area contributed by atoms with Gasteiger partial charge < -0.3 is 0 Å². The Morgan fingerprint density at radius 3 is 1.00 bits per heavy atom. The minimum absolute atomic E-state index is 0.922. The standard InChI is InChI=1S/C30H61Br/c1-4-7-10-13-16-17-20-22-25-29(24-21-18-14-11-8-5-2)27-30(28-31)26-23-19-15-12-9-6-3/h29-30H,4-28H2,1-3H3. The molecule has 0 spiro atoms. The third-order valence-electron chi connectivity index (χ3n) is 7.28. The third-order valence-corrected chi connectivity index (χ3v) is 8.20. The first-order valence-corrected chi connectivity index (χ1v) is 16.0. The molecule has 0 nitrogen and oxygen atoms in total. The predicted octanol–water partition coefficient (Wildman–Crippen LogP) is 12.0. The summed E-state index contributed by atoms with van der Waals surface area (Å²) in [5.41, 5.74) is 0. The Bertz CT molecular complexity index is 314. The Labute approximate surface area is 207 Å². The molecule has 0 aliphatic rings. The van der Waals surface area contributed by atoms with Crippen LogP contribution in [0.2, 0.25) is 0 Å². The molecule has 0 amide bonds. The number of unbranched alkanes of at least 4 members (excludes halogenated alkanes) is 17. The van der Waals surface area contributed by atoms with Gasteiger partial charge in [0.1, 0.15) is 0 Å². The van der Waals surface area contributed by atoms with Crippen LogP contribution in [-0.2, 0) is 0 Å². The first kappa shape index (κ1) is 31.5. The van der Waals surface area contributed by atoms with Gasteiger partial charge in [0.15, 0.2) is 0 Å². The van der Waals surface area contributed by atoms with Crippen molar-refractivity contribution >= 4 is 15.9 Å². The van der Waals surface area contributed by atoms with Gasteiger partial charge in [-0.25, -0.2) is 0 Å². The van der Waals surface area contributed by atoms with E-state index in [1.165, 1.54) is 159 Å². The molecule has 31 heavy (non-hydrogen) atoms. The van der Waals surface area contributed by atoms with Crippen LogP contribution in [0.5, 0.6) is 0 Å². The van der Waals surface area contributed by atoms with Crippen molar-refractivity contribution in [2.75, 3.05) is 5.33 Å². The number of alkyl halides is 1. The Balaban J connectivity index is 4.14. The predicted molar refractivity (Wildman–Crippen MR) is 149 cm³/mol. The van der Waals surface area contributed by atoms with E-state index in [-0.39, 0.29) is 0 Å². The van der Waals surface area contributed by atoms with Gasteiger partial charge in [0.05, 0.1) is 0 Å². The minimum atomic E-state index is 0.922. The highest BCUT2D eigenvalue weighted by atomic mass is 79.9. The first-order chi connectivity index (χ1) is 15.3. The summed E-state index contributed by atoms with van der Waals surface area (Å²) in [6.07, 6.45) is 34.9. The largest absolute Gasteiger partial charge is 0.0925 e. The molecule has 0 aromatic heterocycles. The number of halogens is 1. The zero-order valence-electron chi connectivity index (χ0n) is 22.2. The van der Waals surface area contributed by atoms with E-state index in [1.54, 1.807) is 0 Å². The van der Waals surface area contributed by atoms with E-state index in [4.69, 9.17) is 0 Å². The van der Waals surface area contributed by atoms with Crippen molar-refractivity contribution in [1.29, 1.82) is 0 Å². The molecule has 188 valence electrons. The average molecular weight is 502 g/mol. The zero-order chi connectivity index (χ0) is 22.8. The molecule has 0 rings (SSSR count). The molecule has 2 atom stereocenters. The number of rotatable bonds is 26. The average Bonchev–Trinajstić information content (AvgIpc) is 2.78. The van der Waals surface area contributed by atoms with Crippen LogP contribution < -0.4 is 0 Å². The van der Waals surface area contributed by atoms with E-state index in [0.29, 0.717) is 0 Å². The maximum absolute atomic E-state index is 3.87. The Kier molecular flexibility index (Phi) is 27.1. The van der Waals surface area contributed by atoms with E-state index in [1.807, 2.05) is 0 Å². The Morgan fingerprint density at radius 2 is 0.677 bits per heavy atom. The highest BCUT2D eigenvalue weighted by Gasteiger charge is 2.16. The maximum atomic E-state index is 3.87. The summed E-state index contributed by atoms with van der Waals surface area (Å²) in [6.45, 7) is 6.96. The lowest BCUT2D eigenvalue weighted by Crippen LogP contribution is -2.11. The molecule has 0 bridgehead atoms. The lowest BCUT2D eigenvalue weighted by molar-refractivity contribution is 0.316. The summed E-state index contributed by atoms with van der Waals surface area (Å²) in [4.78, 5) is 0. The molecule has 0 saturated carbocycles. The second kappa shape index (κ2) is 26.7. The quantitative estimate of drug-likeness (QED) is 0.0816. The molecule has 2 unspecified atom stereocenters. The highest BCUT2D eigenvalue weighted by molar-refractivity contribution is 9.09. The molecular formula is C30H61Br. The van der Waals surface area contributed by atoms with E-state index < -0.39 is 0 Å². The second-order valence-electron chi connectivity index (χ2n) is 10.5. The van der Waals surface area contributed by atoms with Crippen LogP contribution in [0.15, 0.2) is 0 Å². The van der Waals surface area contributed by atoms with Crippen molar-refractivity contribution in [3.05, 3.63) is 0 Å². The van der Waals surface area contributed by atoms with Crippen molar-refractivity contribution in [2.45, 2.75) is 175 Å². The van der Waals surface area contributed by atoms with Crippen molar-refractivity contribution in [1.82, 2.24) is 0 Å². The molecule has 0 aliphatic heterocycles. The fraction of sp³-hybridized carbons (Fsp3) is 1.00. The van der Waals surface area contributed by atoms with Gasteiger partial charge in [-0.05, 0) is 24.7 Å². The SMILES string of the molecule is CCCCCCCCCCC(CCCCCCCC)CC(CBr)CCCCCCCC. The van der Waals surface area contributed by atoms with Gasteiger partial charge in [0, 0.05) is 5.33 Å². The van der Waals surface area contributed by atoms with Crippen molar-refractivity contribution in [3.8, 4) is 0 Å². The third kappa shape index (κ3) is 23.4. The molecule has 0 radical (unpaired) electrons. The van der Waals surface area contributed by atoms with E-state index in [9.17, 15) is 0 Å². The van der Waals surface area contributed by atoms with Gasteiger partial charge in [0.25, 0.3) is 0 Å². The van der Waals surface area contributed by atoms with Crippen LogP contribution >= 0.6 is 15.9 Å². The molecule has 0 fully saturated rings. The minimum Gasteiger partial charge on any atom is -0.0925 e. The van der Waals surface area contributed by atoms with Gasteiger partial charge in [-0.1, -0.05) is 178 Å². The summed E-state index contributed by atoms with van der Waals surface area (Å²) in [6, 6.07) is 0. The highest BCUT2D eigenvalue weighted by Crippen LogP contribution is 2.29. The van der Waals surface area contributed by atoms with Crippen LogP contribution in [0.1, 0.15) is 175 Å². The number of hydrogen-bond donors (Lipinski definition) is 0. The number of hydrogen-bond acceptors (Lipinski definition) is 0. The van der Waals surface area contributed by atoms with Crippen LogP contribution in [0.25, 0.3) is 0 Å². The fourth-order valence-electron chi connectivity index (χ4n) is 5.10. The van der Waals surface area contributed by atoms with Crippen molar-refractivity contribution in [2.24, 2.45) is 11.8 Å². The summed E-state index contributed by atoms with van der Waals surface area (Å²) < 4.78 is 0. The fourth-order valence-corrected chi connectivity index (χ4v) is 5.69. The van der Waals surface area contributed by atoms with Crippen LogP contribution in [0, 0.1) is 11.8 Å². The Hall–Kier alpha value is 0.480. The normalized spacial score (nSPS) is 13.5. The monoisotopic (exact) mass is 500 g/mol. The van der Waals surface area contributed by atoms with E-state index in [2.05, 4.69) is 36.7 Å². The summed E-state index contributed by atoms with van der Waals surface area (Å²) in [5.74, 6) is 1.92. The summed E-state index contributed by atoms with van der Waals surface area (Å²) >= 11 is 3.87. The summed E-state index contributed by atoms with van der Waals surface area (Å²) in [7, 11) is 0. The van der Waals surface area contributed by atoms with Crippen molar-refractivity contribution < 1.29 is 0 Å². The summed E-state index contributed by atoms with van der Waals surface area (Å²) in [5, 5.41) is 1.23. The van der Waals surface area contributed by atoms with Gasteiger partial charge >= 0.3 is 0 Å². The molecule has 0 heterocycles. The van der Waals surface area contributed by atoms with Crippen LogP contribution in [-0.4, -0.2) is 5.33 Å². The smallest absolute Gasteiger partial charge is 0.00597 e. The second-order valence-corrected chi connectivity index (χ2v) is 11.1.